The fourth-order valence-corrected chi connectivity index (χ4v) is 3.22. The zero-order valence-electron chi connectivity index (χ0n) is 14.8. The monoisotopic (exact) mass is 360 g/mol. The van der Waals surface area contributed by atoms with Crippen LogP contribution in [0, 0.1) is 6.92 Å². The van der Waals surface area contributed by atoms with Gasteiger partial charge in [0.25, 0.3) is 0 Å². The van der Waals surface area contributed by atoms with Crippen LogP contribution in [0.4, 0.5) is 0 Å². The van der Waals surface area contributed by atoms with Crippen molar-refractivity contribution in [3.8, 4) is 16.9 Å². The minimum Gasteiger partial charge on any atom is -0.495 e. The molecule has 5 aromatic rings. The van der Waals surface area contributed by atoms with Crippen LogP contribution in [-0.2, 0) is 6.54 Å². The molecule has 27 heavy (non-hydrogen) atoms. The van der Waals surface area contributed by atoms with Crippen molar-refractivity contribution in [1.29, 1.82) is 0 Å². The van der Waals surface area contributed by atoms with Gasteiger partial charge in [-0.05, 0) is 19.1 Å². The summed E-state index contributed by atoms with van der Waals surface area (Å²) in [6.45, 7) is 2.45. The molecule has 134 valence electrons. The van der Waals surface area contributed by atoms with E-state index < -0.39 is 0 Å². The van der Waals surface area contributed by atoms with Crippen LogP contribution in [0.2, 0.25) is 0 Å². The molecule has 5 heterocycles. The topological polar surface area (TPSA) is 94.7 Å². The van der Waals surface area contributed by atoms with Gasteiger partial charge in [-0.15, -0.1) is 0 Å². The molecule has 5 aromatic heterocycles. The average molecular weight is 360 g/mol. The highest BCUT2D eigenvalue weighted by molar-refractivity contribution is 5.95. The van der Waals surface area contributed by atoms with Crippen molar-refractivity contribution in [3.05, 3.63) is 54.6 Å². The van der Waals surface area contributed by atoms with Crippen LogP contribution >= 0.6 is 0 Å². The molecule has 0 radical (unpaired) electrons. The van der Waals surface area contributed by atoms with Crippen molar-refractivity contribution >= 4 is 22.2 Å². The number of pyridine rings is 2. The lowest BCUT2D eigenvalue weighted by molar-refractivity contribution is 0.389. The highest BCUT2D eigenvalue weighted by atomic mass is 16.5. The third kappa shape index (κ3) is 2.62. The zero-order chi connectivity index (χ0) is 18.4. The molecule has 0 atom stereocenters. The number of aromatic amines is 1. The lowest BCUT2D eigenvalue weighted by Gasteiger charge is -2.04. The van der Waals surface area contributed by atoms with Crippen molar-refractivity contribution in [3.63, 3.8) is 0 Å². The molecule has 0 saturated heterocycles. The first-order valence-electron chi connectivity index (χ1n) is 8.46. The number of imidazole rings is 1. The molecule has 0 saturated carbocycles. The summed E-state index contributed by atoms with van der Waals surface area (Å²) < 4.78 is 12.5. The van der Waals surface area contributed by atoms with Gasteiger partial charge in [0.05, 0.1) is 31.7 Å². The number of ether oxygens (including phenoxy) is 1. The van der Waals surface area contributed by atoms with Crippen LogP contribution in [0.5, 0.6) is 5.75 Å². The minimum atomic E-state index is 0.572. The lowest BCUT2D eigenvalue weighted by atomic mass is 10.1. The summed E-state index contributed by atoms with van der Waals surface area (Å²) in [4.78, 5) is 16.5. The molecule has 0 spiro atoms. The fraction of sp³-hybridized carbons (Fsp3) is 0.158. The summed E-state index contributed by atoms with van der Waals surface area (Å²) in [5.74, 6) is 1.50. The van der Waals surface area contributed by atoms with E-state index in [4.69, 9.17) is 9.26 Å². The first-order valence-corrected chi connectivity index (χ1v) is 8.46. The molecule has 0 aliphatic rings. The zero-order valence-corrected chi connectivity index (χ0v) is 14.8. The number of aryl methyl sites for hydroxylation is 1. The van der Waals surface area contributed by atoms with Gasteiger partial charge in [-0.25, -0.2) is 15.0 Å². The van der Waals surface area contributed by atoms with Gasteiger partial charge in [-0.3, -0.25) is 0 Å². The summed E-state index contributed by atoms with van der Waals surface area (Å²) in [5.41, 5.74) is 5.25. The highest BCUT2D eigenvalue weighted by Crippen LogP contribution is 2.31. The largest absolute Gasteiger partial charge is 0.495 e. The molecule has 8 heteroatoms. The molecule has 1 N–H and O–H groups in total. The standard InChI is InChI=1S/C19H16N6O2/c1-11-3-13(24-27-11)9-25-10-23-19-17(25)4-12(6-20-19)16-8-22-18-15(16)5-14(26-2)7-21-18/h3-8,10H,9H2,1-2H3,(H,21,22). The van der Waals surface area contributed by atoms with Gasteiger partial charge in [0, 0.05) is 35.0 Å². The minimum absolute atomic E-state index is 0.572. The molecule has 0 amide bonds. The smallest absolute Gasteiger partial charge is 0.177 e. The van der Waals surface area contributed by atoms with Gasteiger partial charge < -0.3 is 18.8 Å². The molecule has 8 nitrogen and oxygen atoms in total. The van der Waals surface area contributed by atoms with E-state index in [0.717, 1.165) is 39.1 Å². The Kier molecular flexibility index (Phi) is 3.43. The second kappa shape index (κ2) is 5.94. The Labute approximate surface area is 153 Å². The third-order valence-corrected chi connectivity index (χ3v) is 4.54. The quantitative estimate of drug-likeness (QED) is 0.528. The SMILES string of the molecule is COc1cnc2[nH]cc(-c3cnc4ncn(Cc5cc(C)on5)c4c3)c2c1. The Morgan fingerprint density at radius 3 is 2.89 bits per heavy atom. The molecule has 0 unspecified atom stereocenters. The first kappa shape index (κ1) is 15.6. The van der Waals surface area contributed by atoms with Crippen molar-refractivity contribution in [2.45, 2.75) is 13.5 Å². The Morgan fingerprint density at radius 1 is 1.15 bits per heavy atom. The summed E-state index contributed by atoms with van der Waals surface area (Å²) in [5, 5.41) is 5.04. The van der Waals surface area contributed by atoms with E-state index in [2.05, 4.69) is 31.2 Å². The molecule has 5 rings (SSSR count). The first-order chi connectivity index (χ1) is 13.2. The van der Waals surface area contributed by atoms with Gasteiger partial charge in [-0.2, -0.15) is 0 Å². The van der Waals surface area contributed by atoms with Crippen LogP contribution in [-0.4, -0.2) is 36.8 Å². The number of hydrogen-bond acceptors (Lipinski definition) is 6. The molecular weight excluding hydrogens is 344 g/mol. The number of methoxy groups -OCH3 is 1. The Bertz CT molecular complexity index is 1270. The number of nitrogens with zero attached hydrogens (tertiary/aromatic N) is 5. The molecule has 0 aliphatic carbocycles. The van der Waals surface area contributed by atoms with Crippen molar-refractivity contribution in [2.75, 3.05) is 7.11 Å². The predicted molar refractivity (Wildman–Crippen MR) is 99.5 cm³/mol. The number of aromatic nitrogens is 6. The predicted octanol–water partition coefficient (Wildman–Crippen LogP) is 3.33. The van der Waals surface area contributed by atoms with Gasteiger partial charge >= 0.3 is 0 Å². The number of nitrogens with one attached hydrogen (secondary N) is 1. The van der Waals surface area contributed by atoms with Crippen LogP contribution in [0.1, 0.15) is 11.5 Å². The number of rotatable bonds is 4. The maximum absolute atomic E-state index is 5.31. The molecular formula is C19H16N6O2. The van der Waals surface area contributed by atoms with Crippen molar-refractivity contribution in [1.82, 2.24) is 29.7 Å². The maximum atomic E-state index is 5.31. The summed E-state index contributed by atoms with van der Waals surface area (Å²) >= 11 is 0. The van der Waals surface area contributed by atoms with E-state index in [1.807, 2.05) is 36.0 Å². The van der Waals surface area contributed by atoms with Gasteiger partial charge in [0.15, 0.2) is 5.65 Å². The molecule has 0 aliphatic heterocycles. The van der Waals surface area contributed by atoms with Crippen LogP contribution in [0.15, 0.2) is 47.6 Å². The lowest BCUT2D eigenvalue weighted by Crippen LogP contribution is -1.98. The van der Waals surface area contributed by atoms with Crippen molar-refractivity contribution in [2.24, 2.45) is 0 Å². The second-order valence-electron chi connectivity index (χ2n) is 6.34. The summed E-state index contributed by atoms with van der Waals surface area (Å²) in [7, 11) is 1.63. The Morgan fingerprint density at radius 2 is 2.07 bits per heavy atom. The van der Waals surface area contributed by atoms with Crippen LogP contribution < -0.4 is 4.74 Å². The third-order valence-electron chi connectivity index (χ3n) is 4.54. The molecule has 0 fully saturated rings. The number of fused-ring (bicyclic) bond motifs is 2. The van der Waals surface area contributed by atoms with E-state index in [0.29, 0.717) is 17.9 Å². The van der Waals surface area contributed by atoms with E-state index in [1.54, 1.807) is 19.6 Å². The maximum Gasteiger partial charge on any atom is 0.177 e. The normalized spacial score (nSPS) is 11.5. The van der Waals surface area contributed by atoms with E-state index in [9.17, 15) is 0 Å². The van der Waals surface area contributed by atoms with Gasteiger partial charge in [-0.1, -0.05) is 5.16 Å². The van der Waals surface area contributed by atoms with E-state index in [-0.39, 0.29) is 0 Å². The van der Waals surface area contributed by atoms with Crippen molar-refractivity contribution < 1.29 is 9.26 Å². The van der Waals surface area contributed by atoms with E-state index >= 15 is 0 Å². The van der Waals surface area contributed by atoms with Crippen LogP contribution in [0.3, 0.4) is 0 Å². The summed E-state index contributed by atoms with van der Waals surface area (Å²) in [6.07, 6.45) is 7.22. The van der Waals surface area contributed by atoms with Crippen LogP contribution in [0.25, 0.3) is 33.3 Å². The summed E-state index contributed by atoms with van der Waals surface area (Å²) in [6, 6.07) is 5.96. The number of H-pyrrole nitrogens is 1. The van der Waals surface area contributed by atoms with Gasteiger partial charge in [0.2, 0.25) is 0 Å². The van der Waals surface area contributed by atoms with Gasteiger partial charge in [0.1, 0.15) is 22.9 Å². The Hall–Kier alpha value is -3.68. The van der Waals surface area contributed by atoms with E-state index in [1.165, 1.54) is 0 Å². The Balaban J connectivity index is 1.61. The molecule has 0 aromatic carbocycles. The second-order valence-corrected chi connectivity index (χ2v) is 6.34. The highest BCUT2D eigenvalue weighted by Gasteiger charge is 2.12. The average Bonchev–Trinajstić information content (AvgIpc) is 3.40. The fourth-order valence-electron chi connectivity index (χ4n) is 3.22. The number of hydrogen-bond donors (Lipinski definition) is 1. The molecule has 0 bridgehead atoms.